The maximum absolute atomic E-state index is 10.8. The van der Waals surface area contributed by atoms with Crippen LogP contribution < -0.4 is 4.90 Å². The van der Waals surface area contributed by atoms with E-state index in [4.69, 9.17) is 5.26 Å². The zero-order chi connectivity index (χ0) is 12.0. The van der Waals surface area contributed by atoms with Crippen molar-refractivity contribution in [2.75, 3.05) is 18.5 Å². The standard InChI is InChI=1S/C13H16N2O/c1-11(16)6-5-9-15(2)13-8-4-3-7-12(13)10-14/h3-4,7-8H,5-6,9H2,1-2H3. The van der Waals surface area contributed by atoms with Crippen LogP contribution in [0.4, 0.5) is 5.69 Å². The van der Waals surface area contributed by atoms with Gasteiger partial charge in [0.05, 0.1) is 11.3 Å². The topological polar surface area (TPSA) is 44.1 Å². The van der Waals surface area contributed by atoms with Crippen LogP contribution in [0, 0.1) is 11.3 Å². The summed E-state index contributed by atoms with van der Waals surface area (Å²) < 4.78 is 0. The van der Waals surface area contributed by atoms with Crippen LogP contribution in [0.3, 0.4) is 0 Å². The van der Waals surface area contributed by atoms with Crippen molar-refractivity contribution in [3.8, 4) is 6.07 Å². The van der Waals surface area contributed by atoms with Crippen LogP contribution in [0.25, 0.3) is 0 Å². The number of nitrogens with zero attached hydrogens (tertiary/aromatic N) is 2. The Morgan fingerprint density at radius 3 is 2.75 bits per heavy atom. The lowest BCUT2D eigenvalue weighted by molar-refractivity contribution is -0.117. The molecule has 0 saturated carbocycles. The monoisotopic (exact) mass is 216 g/mol. The second-order valence-electron chi connectivity index (χ2n) is 3.86. The fraction of sp³-hybridized carbons (Fsp3) is 0.385. The average molecular weight is 216 g/mol. The first-order valence-corrected chi connectivity index (χ1v) is 5.35. The van der Waals surface area contributed by atoms with Crippen LogP contribution in [-0.2, 0) is 4.79 Å². The third-order valence-corrected chi connectivity index (χ3v) is 2.46. The Morgan fingerprint density at radius 1 is 1.44 bits per heavy atom. The number of ketones is 1. The van der Waals surface area contributed by atoms with Gasteiger partial charge in [0.1, 0.15) is 11.9 Å². The molecule has 0 spiro atoms. The van der Waals surface area contributed by atoms with E-state index in [1.165, 1.54) is 0 Å². The van der Waals surface area contributed by atoms with Gasteiger partial charge < -0.3 is 9.69 Å². The number of rotatable bonds is 5. The van der Waals surface area contributed by atoms with Gasteiger partial charge in [0, 0.05) is 20.0 Å². The van der Waals surface area contributed by atoms with Crippen LogP contribution in [0.15, 0.2) is 24.3 Å². The van der Waals surface area contributed by atoms with Crippen LogP contribution >= 0.6 is 0 Å². The van der Waals surface area contributed by atoms with Crippen LogP contribution in [0.5, 0.6) is 0 Å². The van der Waals surface area contributed by atoms with Gasteiger partial charge in [-0.05, 0) is 25.5 Å². The van der Waals surface area contributed by atoms with Crippen molar-refractivity contribution < 1.29 is 4.79 Å². The van der Waals surface area contributed by atoms with Crippen molar-refractivity contribution in [3.05, 3.63) is 29.8 Å². The number of para-hydroxylation sites is 1. The van der Waals surface area contributed by atoms with Crippen molar-refractivity contribution in [1.82, 2.24) is 0 Å². The predicted octanol–water partition coefficient (Wildman–Crippen LogP) is 2.36. The first-order chi connectivity index (χ1) is 7.65. The van der Waals surface area contributed by atoms with Gasteiger partial charge in [0.15, 0.2) is 0 Å². The zero-order valence-electron chi connectivity index (χ0n) is 9.73. The lowest BCUT2D eigenvalue weighted by Gasteiger charge is -2.19. The molecule has 0 fully saturated rings. The number of Topliss-reactive ketones (excluding diaryl/α,β-unsaturated/α-hetero) is 1. The molecule has 1 aromatic rings. The summed E-state index contributed by atoms with van der Waals surface area (Å²) in [4.78, 5) is 12.8. The van der Waals surface area contributed by atoms with Gasteiger partial charge in [-0.1, -0.05) is 12.1 Å². The largest absolute Gasteiger partial charge is 0.374 e. The lowest BCUT2D eigenvalue weighted by Crippen LogP contribution is -2.20. The summed E-state index contributed by atoms with van der Waals surface area (Å²) >= 11 is 0. The van der Waals surface area contributed by atoms with Gasteiger partial charge in [-0.25, -0.2) is 0 Å². The second kappa shape index (κ2) is 5.92. The highest BCUT2D eigenvalue weighted by atomic mass is 16.1. The first kappa shape index (κ1) is 12.3. The van der Waals surface area contributed by atoms with E-state index >= 15 is 0 Å². The summed E-state index contributed by atoms with van der Waals surface area (Å²) in [6.45, 7) is 2.39. The fourth-order valence-electron chi connectivity index (χ4n) is 1.59. The van der Waals surface area contributed by atoms with Crippen molar-refractivity contribution in [2.45, 2.75) is 19.8 Å². The molecule has 0 radical (unpaired) electrons. The zero-order valence-corrected chi connectivity index (χ0v) is 9.73. The highest BCUT2D eigenvalue weighted by Gasteiger charge is 2.06. The summed E-state index contributed by atoms with van der Waals surface area (Å²) in [7, 11) is 1.94. The van der Waals surface area contributed by atoms with Gasteiger partial charge in [-0.15, -0.1) is 0 Å². The van der Waals surface area contributed by atoms with Crippen LogP contribution in [0.1, 0.15) is 25.3 Å². The van der Waals surface area contributed by atoms with Crippen LogP contribution in [0.2, 0.25) is 0 Å². The second-order valence-corrected chi connectivity index (χ2v) is 3.86. The van der Waals surface area contributed by atoms with E-state index in [0.717, 1.165) is 18.7 Å². The number of carbonyl (C=O) groups is 1. The molecule has 0 bridgehead atoms. The number of hydrogen-bond acceptors (Lipinski definition) is 3. The molecule has 0 unspecified atom stereocenters. The van der Waals surface area contributed by atoms with Gasteiger partial charge in [0.2, 0.25) is 0 Å². The normalized spacial score (nSPS) is 9.56. The summed E-state index contributed by atoms with van der Waals surface area (Å²) in [5, 5.41) is 8.95. The maximum Gasteiger partial charge on any atom is 0.129 e. The molecule has 0 aliphatic heterocycles. The summed E-state index contributed by atoms with van der Waals surface area (Å²) in [6.07, 6.45) is 1.42. The molecule has 84 valence electrons. The average Bonchev–Trinajstić information content (AvgIpc) is 2.28. The molecule has 0 atom stereocenters. The van der Waals surface area contributed by atoms with Crippen molar-refractivity contribution in [2.24, 2.45) is 0 Å². The highest BCUT2D eigenvalue weighted by molar-refractivity contribution is 5.75. The maximum atomic E-state index is 10.8. The van der Waals surface area contributed by atoms with E-state index < -0.39 is 0 Å². The number of benzene rings is 1. The molecule has 0 aliphatic carbocycles. The molecule has 0 amide bonds. The van der Waals surface area contributed by atoms with E-state index in [1.54, 1.807) is 13.0 Å². The molecule has 3 heteroatoms. The molecule has 16 heavy (non-hydrogen) atoms. The van der Waals surface area contributed by atoms with E-state index in [-0.39, 0.29) is 5.78 Å². The van der Waals surface area contributed by atoms with Crippen molar-refractivity contribution in [3.63, 3.8) is 0 Å². The molecule has 1 rings (SSSR count). The first-order valence-electron chi connectivity index (χ1n) is 5.35. The van der Waals surface area contributed by atoms with Crippen molar-refractivity contribution >= 4 is 11.5 Å². The van der Waals surface area contributed by atoms with Gasteiger partial charge in [0.25, 0.3) is 0 Å². The quantitative estimate of drug-likeness (QED) is 0.759. The minimum Gasteiger partial charge on any atom is -0.374 e. The van der Waals surface area contributed by atoms with Gasteiger partial charge in [-0.3, -0.25) is 0 Å². The number of anilines is 1. The fourth-order valence-corrected chi connectivity index (χ4v) is 1.59. The Balaban J connectivity index is 2.62. The van der Waals surface area contributed by atoms with Crippen LogP contribution in [-0.4, -0.2) is 19.4 Å². The summed E-state index contributed by atoms with van der Waals surface area (Å²) in [5.41, 5.74) is 1.60. The van der Waals surface area contributed by atoms with Gasteiger partial charge in [-0.2, -0.15) is 5.26 Å². The molecule has 0 saturated heterocycles. The Bertz CT molecular complexity index is 407. The molecule has 0 aliphatic rings. The Labute approximate surface area is 96.3 Å². The SMILES string of the molecule is CC(=O)CCCN(C)c1ccccc1C#N. The molecule has 0 aromatic heterocycles. The third kappa shape index (κ3) is 3.39. The van der Waals surface area contributed by atoms with E-state index in [0.29, 0.717) is 12.0 Å². The molecule has 3 nitrogen and oxygen atoms in total. The molecule has 1 aromatic carbocycles. The highest BCUT2D eigenvalue weighted by Crippen LogP contribution is 2.18. The third-order valence-electron chi connectivity index (χ3n) is 2.46. The van der Waals surface area contributed by atoms with E-state index in [9.17, 15) is 4.79 Å². The summed E-state index contributed by atoms with van der Waals surface area (Å²) in [6, 6.07) is 9.66. The smallest absolute Gasteiger partial charge is 0.129 e. The molecule has 0 heterocycles. The van der Waals surface area contributed by atoms with Gasteiger partial charge >= 0.3 is 0 Å². The molecular weight excluding hydrogens is 200 g/mol. The molecule has 0 N–H and O–H groups in total. The van der Waals surface area contributed by atoms with Crippen molar-refractivity contribution in [1.29, 1.82) is 5.26 Å². The van der Waals surface area contributed by atoms with E-state index in [2.05, 4.69) is 6.07 Å². The van der Waals surface area contributed by atoms with E-state index in [1.807, 2.05) is 30.1 Å². The number of carbonyl (C=O) groups excluding carboxylic acids is 1. The molecular formula is C13H16N2O. The lowest BCUT2D eigenvalue weighted by atomic mass is 10.1. The Morgan fingerprint density at radius 2 is 2.12 bits per heavy atom. The number of nitriles is 1. The Kier molecular flexibility index (Phi) is 4.53. The number of hydrogen-bond donors (Lipinski definition) is 0. The Hall–Kier alpha value is -1.82. The summed E-state index contributed by atoms with van der Waals surface area (Å²) in [5.74, 6) is 0.210. The minimum absolute atomic E-state index is 0.210. The minimum atomic E-state index is 0.210. The predicted molar refractivity (Wildman–Crippen MR) is 64.3 cm³/mol.